The van der Waals surface area contributed by atoms with Gasteiger partial charge in [0.25, 0.3) is 5.89 Å². The molecule has 1 aliphatic heterocycles. The lowest BCUT2D eigenvalue weighted by atomic mass is 10.0. The van der Waals surface area contributed by atoms with E-state index in [0.717, 1.165) is 5.69 Å². The molecule has 11 heteroatoms. The number of nitrogens with one attached hydrogen (secondary N) is 1. The minimum atomic E-state index is -0.783. The van der Waals surface area contributed by atoms with Crippen molar-refractivity contribution in [3.05, 3.63) is 77.9 Å². The van der Waals surface area contributed by atoms with Gasteiger partial charge in [-0.1, -0.05) is 12.1 Å². The number of carbonyl (C=O) groups is 1. The van der Waals surface area contributed by atoms with Crippen molar-refractivity contribution >= 4 is 17.0 Å². The third kappa shape index (κ3) is 2.86. The van der Waals surface area contributed by atoms with Gasteiger partial charge in [0.05, 0.1) is 12.0 Å². The number of hydrogen-bond donors (Lipinski definition) is 1. The average Bonchev–Trinajstić information content (AvgIpc) is 3.58. The second-order valence-corrected chi connectivity index (χ2v) is 7.18. The highest BCUT2D eigenvalue weighted by atomic mass is 19.1. The smallest absolute Gasteiger partial charge is 0.312 e. The van der Waals surface area contributed by atoms with Gasteiger partial charge < -0.3 is 18.7 Å². The molecule has 4 aromatic heterocycles. The van der Waals surface area contributed by atoms with Gasteiger partial charge in [-0.2, -0.15) is 0 Å². The lowest BCUT2D eigenvalue weighted by Crippen LogP contribution is -2.41. The fourth-order valence-electron chi connectivity index (χ4n) is 3.82. The summed E-state index contributed by atoms with van der Waals surface area (Å²) < 4.78 is 25.7. The molecular formula is C21H14FN7O3. The van der Waals surface area contributed by atoms with Crippen LogP contribution >= 0.6 is 0 Å². The first kappa shape index (κ1) is 18.4. The van der Waals surface area contributed by atoms with Crippen molar-refractivity contribution in [2.24, 2.45) is 0 Å². The molecule has 0 saturated carbocycles. The minimum Gasteiger partial charge on any atom is -0.438 e. The average molecular weight is 431 g/mol. The van der Waals surface area contributed by atoms with E-state index >= 15 is 0 Å². The summed E-state index contributed by atoms with van der Waals surface area (Å²) in [5, 5.41) is 7.85. The highest BCUT2D eigenvalue weighted by molar-refractivity contribution is 5.90. The number of rotatable bonds is 3. The summed E-state index contributed by atoms with van der Waals surface area (Å²) in [4.78, 5) is 30.8. The number of fused-ring (bicyclic) bond motifs is 2. The Labute approximate surface area is 179 Å². The lowest BCUT2D eigenvalue weighted by molar-refractivity contribution is 0.0627. The van der Waals surface area contributed by atoms with Crippen molar-refractivity contribution in [2.45, 2.75) is 12.5 Å². The molecule has 0 bridgehead atoms. The van der Waals surface area contributed by atoms with Gasteiger partial charge in [-0.05, 0) is 24.3 Å². The van der Waals surface area contributed by atoms with E-state index in [4.69, 9.17) is 8.83 Å². The topological polar surface area (TPSA) is 127 Å². The van der Waals surface area contributed by atoms with Crippen LogP contribution in [0.15, 0.2) is 57.8 Å². The monoisotopic (exact) mass is 431 g/mol. The zero-order valence-electron chi connectivity index (χ0n) is 16.4. The fourth-order valence-corrected chi connectivity index (χ4v) is 3.82. The molecule has 32 heavy (non-hydrogen) atoms. The Balaban J connectivity index is 1.41. The highest BCUT2D eigenvalue weighted by Crippen LogP contribution is 2.35. The number of amides is 1. The Morgan fingerprint density at radius 2 is 2.06 bits per heavy atom. The molecule has 1 aliphatic rings. The first-order valence-electron chi connectivity index (χ1n) is 9.82. The number of imidazole rings is 1. The van der Waals surface area contributed by atoms with Crippen molar-refractivity contribution < 1.29 is 18.0 Å². The van der Waals surface area contributed by atoms with Crippen molar-refractivity contribution in [3.63, 3.8) is 0 Å². The number of carbonyl (C=O) groups excluding carboxylic acids is 1. The summed E-state index contributed by atoms with van der Waals surface area (Å²) in [6, 6.07) is 8.91. The van der Waals surface area contributed by atoms with Gasteiger partial charge in [0.1, 0.15) is 11.2 Å². The highest BCUT2D eigenvalue weighted by Gasteiger charge is 2.39. The van der Waals surface area contributed by atoms with E-state index in [1.165, 1.54) is 17.0 Å². The fraction of sp³-hybridized carbons (Fsp3) is 0.143. The van der Waals surface area contributed by atoms with Crippen LogP contribution in [0.4, 0.5) is 4.39 Å². The predicted molar refractivity (Wildman–Crippen MR) is 107 cm³/mol. The second kappa shape index (κ2) is 7.08. The van der Waals surface area contributed by atoms with E-state index < -0.39 is 17.8 Å². The molecule has 1 aromatic carbocycles. The molecule has 0 aliphatic carbocycles. The van der Waals surface area contributed by atoms with Crippen molar-refractivity contribution in [1.29, 1.82) is 0 Å². The van der Waals surface area contributed by atoms with Gasteiger partial charge >= 0.3 is 11.8 Å². The van der Waals surface area contributed by atoms with Crippen molar-refractivity contribution in [1.82, 2.24) is 35.0 Å². The van der Waals surface area contributed by atoms with Crippen LogP contribution in [0.2, 0.25) is 0 Å². The molecule has 1 amide bonds. The zero-order valence-corrected chi connectivity index (χ0v) is 16.4. The number of nitrogens with zero attached hydrogens (tertiary/aromatic N) is 6. The van der Waals surface area contributed by atoms with Gasteiger partial charge in [0, 0.05) is 24.9 Å². The summed E-state index contributed by atoms with van der Waals surface area (Å²) in [5.41, 5.74) is 2.25. The normalized spacial score (nSPS) is 15.8. The van der Waals surface area contributed by atoms with E-state index in [2.05, 4.69) is 30.1 Å². The molecule has 0 radical (unpaired) electrons. The van der Waals surface area contributed by atoms with Crippen LogP contribution in [0.25, 0.3) is 22.7 Å². The van der Waals surface area contributed by atoms with Gasteiger partial charge in [-0.3, -0.25) is 9.78 Å². The summed E-state index contributed by atoms with van der Waals surface area (Å²) >= 11 is 0. The third-order valence-electron chi connectivity index (χ3n) is 5.30. The SMILES string of the molecule is O=C(c1nnc(-c2ccccn2)o1)N1CCc2[nH]cnc2[C@H]1c1nc2c(F)cccc2o1. The van der Waals surface area contributed by atoms with Crippen molar-refractivity contribution in [2.75, 3.05) is 6.54 Å². The third-order valence-corrected chi connectivity index (χ3v) is 5.30. The molecule has 5 aromatic rings. The maximum absolute atomic E-state index is 14.2. The quantitative estimate of drug-likeness (QED) is 0.462. The number of benzene rings is 1. The molecular weight excluding hydrogens is 417 g/mol. The lowest BCUT2D eigenvalue weighted by Gasteiger charge is -2.31. The van der Waals surface area contributed by atoms with Crippen molar-refractivity contribution in [3.8, 4) is 11.6 Å². The number of pyridine rings is 1. The molecule has 1 atom stereocenters. The zero-order chi connectivity index (χ0) is 21.7. The number of aromatic nitrogens is 6. The van der Waals surface area contributed by atoms with Gasteiger partial charge in [0.2, 0.25) is 5.89 Å². The molecule has 5 heterocycles. The van der Waals surface area contributed by atoms with E-state index in [-0.39, 0.29) is 28.8 Å². The minimum absolute atomic E-state index is 0.0905. The second-order valence-electron chi connectivity index (χ2n) is 7.18. The van der Waals surface area contributed by atoms with Gasteiger partial charge in [-0.15, -0.1) is 10.2 Å². The van der Waals surface area contributed by atoms with E-state index in [9.17, 15) is 9.18 Å². The van der Waals surface area contributed by atoms with Crippen LogP contribution in [-0.2, 0) is 6.42 Å². The Bertz CT molecular complexity index is 1440. The van der Waals surface area contributed by atoms with Crippen LogP contribution in [0, 0.1) is 5.82 Å². The molecule has 1 N–H and O–H groups in total. The standard InChI is InChI=1S/C21H14FN7O3/c22-11-4-3-6-14-15(11)26-19(31-14)17-16-12(24-10-25-16)7-9-29(17)21(30)20-28-27-18(32-20)13-5-1-2-8-23-13/h1-6,8,10,17H,7,9H2,(H,24,25)/t17-/m0/s1. The number of H-pyrrole nitrogens is 1. The van der Waals surface area contributed by atoms with E-state index in [1.807, 2.05) is 0 Å². The Kier molecular flexibility index (Phi) is 4.06. The van der Waals surface area contributed by atoms with Gasteiger partial charge in [-0.25, -0.2) is 14.4 Å². The summed E-state index contributed by atoms with van der Waals surface area (Å²) in [7, 11) is 0. The summed E-state index contributed by atoms with van der Waals surface area (Å²) in [6.45, 7) is 0.321. The summed E-state index contributed by atoms with van der Waals surface area (Å²) in [5.74, 6) is -0.939. The van der Waals surface area contributed by atoms with Crippen LogP contribution in [0.1, 0.15) is 34.0 Å². The van der Waals surface area contributed by atoms with E-state index in [0.29, 0.717) is 24.4 Å². The largest absolute Gasteiger partial charge is 0.438 e. The number of para-hydroxylation sites is 1. The van der Waals surface area contributed by atoms with Crippen LogP contribution < -0.4 is 0 Å². The predicted octanol–water partition coefficient (Wildman–Crippen LogP) is 2.92. The molecule has 6 rings (SSSR count). The van der Waals surface area contributed by atoms with E-state index in [1.54, 1.807) is 36.8 Å². The number of oxazole rings is 1. The first-order chi connectivity index (χ1) is 15.7. The molecule has 0 saturated heterocycles. The van der Waals surface area contributed by atoms with Crippen LogP contribution in [0.5, 0.6) is 0 Å². The summed E-state index contributed by atoms with van der Waals surface area (Å²) in [6.07, 6.45) is 3.67. The Morgan fingerprint density at radius 3 is 2.91 bits per heavy atom. The Hall–Kier alpha value is -4.41. The Morgan fingerprint density at radius 1 is 1.12 bits per heavy atom. The molecule has 158 valence electrons. The molecule has 10 nitrogen and oxygen atoms in total. The van der Waals surface area contributed by atoms with Gasteiger partial charge in [0.15, 0.2) is 17.4 Å². The first-order valence-corrected chi connectivity index (χ1v) is 9.82. The molecule has 0 fully saturated rings. The molecule has 0 spiro atoms. The number of halogens is 1. The maximum atomic E-state index is 14.2. The van der Waals surface area contributed by atoms with Crippen LogP contribution in [-0.4, -0.2) is 47.5 Å². The molecule has 0 unspecified atom stereocenters. The number of hydrogen-bond acceptors (Lipinski definition) is 8. The maximum Gasteiger partial charge on any atom is 0.312 e. The van der Waals surface area contributed by atoms with Crippen LogP contribution in [0.3, 0.4) is 0 Å². The number of aromatic amines is 1.